The third-order valence-corrected chi connectivity index (χ3v) is 8.14. The van der Waals surface area contributed by atoms with E-state index in [0.29, 0.717) is 10.1 Å². The molecular weight excluding hydrogens is 662 g/mol. The Bertz CT molecular complexity index is 1880. The third-order valence-electron chi connectivity index (χ3n) is 7.26. The fourth-order valence-corrected chi connectivity index (χ4v) is 5.66. The maximum absolute atomic E-state index is 11.7. The molecule has 4 heterocycles. The summed E-state index contributed by atoms with van der Waals surface area (Å²) in [5.74, 6) is -30.9. The zero-order valence-corrected chi connectivity index (χ0v) is 23.9. The van der Waals surface area contributed by atoms with Crippen molar-refractivity contribution in [1.29, 1.82) is 0 Å². The van der Waals surface area contributed by atoms with Gasteiger partial charge in [0.1, 0.15) is 5.75 Å². The van der Waals surface area contributed by atoms with E-state index in [0.717, 1.165) is 29.5 Å². The molecule has 13 N–H and O–H groups in total. The molecule has 6 rings (SSSR count). The molecule has 2 fully saturated rings. The van der Waals surface area contributed by atoms with Crippen molar-refractivity contribution in [3.05, 3.63) is 70.3 Å². The summed E-state index contributed by atoms with van der Waals surface area (Å²) in [4.78, 5) is 31.6. The van der Waals surface area contributed by atoms with E-state index in [9.17, 15) is 61.0 Å². The molecule has 0 saturated carbocycles. The summed E-state index contributed by atoms with van der Waals surface area (Å²) in [6.45, 7) is -1.62. The summed E-state index contributed by atoms with van der Waals surface area (Å²) in [6.07, 6.45) is 0. The lowest BCUT2D eigenvalue weighted by Gasteiger charge is -2.48. The number of nitrogens with one attached hydrogen (secondary N) is 2. The lowest BCUT2D eigenvalue weighted by molar-refractivity contribution is -0.660. The van der Waals surface area contributed by atoms with E-state index in [2.05, 4.69) is 29.6 Å². The highest BCUT2D eigenvalue weighted by molar-refractivity contribution is 7.17. The Morgan fingerprint density at radius 2 is 1.57 bits per heavy atom. The molecule has 0 spiro atoms. The number of H-pyrrole nitrogens is 1. The number of rotatable bonds is 5. The number of aromatic nitrogens is 1. The number of aromatic amines is 1. The molecule has 2 aliphatic heterocycles. The second-order valence-corrected chi connectivity index (χ2v) is 11.4. The van der Waals surface area contributed by atoms with Crippen molar-refractivity contribution in [2.45, 2.75) is 41.2 Å². The molecule has 47 heavy (non-hydrogen) atoms. The molecule has 2 saturated heterocycles. The van der Waals surface area contributed by atoms with Gasteiger partial charge in [0.15, 0.2) is 6.61 Å². The molecular formula is C25H25N3O18S. The average molecular weight is 688 g/mol. The van der Waals surface area contributed by atoms with E-state index in [1.165, 1.54) is 35.6 Å². The fourth-order valence-electron chi connectivity index (χ4n) is 4.85. The van der Waals surface area contributed by atoms with Crippen molar-refractivity contribution >= 4 is 38.0 Å². The van der Waals surface area contributed by atoms with Crippen LogP contribution in [-0.4, -0.2) is 109 Å². The zero-order chi connectivity index (χ0) is 34.3. The summed E-state index contributed by atoms with van der Waals surface area (Å²) in [6, 6.07) is 11.3. The summed E-state index contributed by atoms with van der Waals surface area (Å²) in [5.41, 5.74) is -0.970. The SMILES string of the molecule is O=c1ccc2ccc(OC(O)(O)C(O)(O)C3(O)OOOCC(O)(O)N(c4cccc5sccc45)C(O)(O)C4(O)NC3(O)OO4)cc2[nH]1. The van der Waals surface area contributed by atoms with Crippen LogP contribution in [0.5, 0.6) is 5.75 Å². The van der Waals surface area contributed by atoms with Gasteiger partial charge in [0.2, 0.25) is 5.56 Å². The summed E-state index contributed by atoms with van der Waals surface area (Å²) >= 11 is 1.14. The summed E-state index contributed by atoms with van der Waals surface area (Å²) in [7, 11) is 0. The number of anilines is 1. The quantitative estimate of drug-likeness (QED) is 0.0696. The maximum atomic E-state index is 11.7. The molecule has 2 aliphatic rings. The van der Waals surface area contributed by atoms with Crippen molar-refractivity contribution in [2.75, 3.05) is 11.5 Å². The first kappa shape index (κ1) is 33.4. The first-order chi connectivity index (χ1) is 21.8. The molecule has 2 aromatic heterocycles. The van der Waals surface area contributed by atoms with Gasteiger partial charge in [-0.3, -0.25) is 9.69 Å². The van der Waals surface area contributed by atoms with Crippen molar-refractivity contribution in [3.8, 4) is 5.75 Å². The van der Waals surface area contributed by atoms with Crippen LogP contribution >= 0.6 is 11.3 Å². The molecule has 4 aromatic rings. The van der Waals surface area contributed by atoms with Gasteiger partial charge in [-0.15, -0.1) is 11.3 Å². The molecule has 2 aromatic carbocycles. The predicted molar refractivity (Wildman–Crippen MR) is 146 cm³/mol. The predicted octanol–water partition coefficient (Wildman–Crippen LogP) is -4.35. The molecule has 21 nitrogen and oxygen atoms in total. The first-order valence-electron chi connectivity index (χ1n) is 13.0. The molecule has 2 bridgehead atoms. The highest BCUT2D eigenvalue weighted by Gasteiger charge is 2.82. The van der Waals surface area contributed by atoms with Gasteiger partial charge in [0.25, 0.3) is 5.91 Å². The lowest BCUT2D eigenvalue weighted by atomic mass is 9.98. The van der Waals surface area contributed by atoms with Crippen LogP contribution in [0.3, 0.4) is 0 Å². The van der Waals surface area contributed by atoms with Gasteiger partial charge >= 0.3 is 35.3 Å². The highest BCUT2D eigenvalue weighted by atomic mass is 32.1. The van der Waals surface area contributed by atoms with E-state index < -0.39 is 64.8 Å². The number of fused-ring (bicyclic) bond motifs is 4. The minimum atomic E-state index is -4.85. The van der Waals surface area contributed by atoms with E-state index in [-0.39, 0.29) is 15.8 Å². The van der Waals surface area contributed by atoms with Crippen LogP contribution < -0.4 is 20.5 Å². The van der Waals surface area contributed by atoms with Crippen LogP contribution in [0.15, 0.2) is 64.8 Å². The number of hydrogen-bond acceptors (Lipinski definition) is 21. The molecule has 0 aliphatic carbocycles. The van der Waals surface area contributed by atoms with Crippen molar-refractivity contribution < 1.29 is 85.5 Å². The Labute approximate surface area is 262 Å². The van der Waals surface area contributed by atoms with E-state index >= 15 is 0 Å². The number of benzene rings is 2. The zero-order valence-electron chi connectivity index (χ0n) is 23.1. The van der Waals surface area contributed by atoms with Crippen molar-refractivity contribution in [3.63, 3.8) is 0 Å². The molecule has 254 valence electrons. The molecule has 3 unspecified atom stereocenters. The van der Waals surface area contributed by atoms with Gasteiger partial charge < -0.3 is 65.9 Å². The third kappa shape index (κ3) is 5.06. The Morgan fingerprint density at radius 1 is 0.872 bits per heavy atom. The Kier molecular flexibility index (Phi) is 7.66. The topological polar surface area (TPSA) is 326 Å². The molecule has 0 radical (unpaired) electrons. The summed E-state index contributed by atoms with van der Waals surface area (Å²) in [5, 5.41) is 129. The van der Waals surface area contributed by atoms with Gasteiger partial charge in [0, 0.05) is 22.2 Å². The van der Waals surface area contributed by atoms with Gasteiger partial charge in [0.05, 0.1) is 11.2 Å². The molecule has 0 amide bonds. The first-order valence-corrected chi connectivity index (χ1v) is 13.8. The average Bonchev–Trinajstić information content (AvgIpc) is 3.60. The lowest BCUT2D eigenvalue weighted by Crippen LogP contribution is -2.83. The number of aliphatic hydroxyl groups is 11. The van der Waals surface area contributed by atoms with E-state index in [4.69, 9.17) is 4.74 Å². The number of ether oxygens (including phenoxy) is 1. The maximum Gasteiger partial charge on any atom is 0.385 e. The van der Waals surface area contributed by atoms with Crippen LogP contribution in [0.4, 0.5) is 5.69 Å². The normalized spacial score (nSPS) is 28.4. The number of nitrogens with zero attached hydrogens (tertiary/aromatic N) is 1. The highest BCUT2D eigenvalue weighted by Crippen LogP contribution is 2.47. The Morgan fingerprint density at radius 3 is 2.32 bits per heavy atom. The second kappa shape index (κ2) is 10.8. The van der Waals surface area contributed by atoms with Crippen LogP contribution in [-0.2, 0) is 24.6 Å². The van der Waals surface area contributed by atoms with Crippen molar-refractivity contribution in [1.82, 2.24) is 10.3 Å². The minimum Gasteiger partial charge on any atom is -0.435 e. The standard InChI is InChI=1S/C25H25N3O18S/c29-18-7-5-12-4-6-13(10-15(12)26-18)42-25(39,40)20(32,33)21(34)22(35)27-23(36,45-44-22)24(37,38)28(19(30,31)11-41-46-43-21)16-2-1-3-17-14(16)8-9-47-17/h1-10,27,30-40H,11H2,(H,26,29). The van der Waals surface area contributed by atoms with Crippen molar-refractivity contribution in [2.24, 2.45) is 0 Å². The second-order valence-electron chi connectivity index (χ2n) is 10.4. The largest absolute Gasteiger partial charge is 0.435 e. The monoisotopic (exact) mass is 687 g/mol. The molecule has 3 atom stereocenters. The minimum absolute atomic E-state index is 0.0493. The van der Waals surface area contributed by atoms with E-state index in [1.54, 1.807) is 11.4 Å². The smallest absolute Gasteiger partial charge is 0.385 e. The number of hydrogen-bond donors (Lipinski definition) is 13. The Hall–Kier alpha value is -3.47. The number of thiophene rings is 1. The van der Waals surface area contributed by atoms with Crippen LogP contribution in [0.1, 0.15) is 0 Å². The van der Waals surface area contributed by atoms with E-state index in [1.807, 2.05) is 0 Å². The number of pyridine rings is 1. The van der Waals surface area contributed by atoms with Crippen LogP contribution in [0, 0.1) is 0 Å². The van der Waals surface area contributed by atoms with Crippen LogP contribution in [0.25, 0.3) is 21.0 Å². The fraction of sp³-hybridized carbons (Fsp3) is 0.320. The van der Waals surface area contributed by atoms with Crippen LogP contribution in [0.2, 0.25) is 0 Å². The molecule has 22 heteroatoms. The van der Waals surface area contributed by atoms with Gasteiger partial charge in [-0.2, -0.15) is 24.9 Å². The van der Waals surface area contributed by atoms with Gasteiger partial charge in [-0.05, 0) is 47.2 Å². The van der Waals surface area contributed by atoms with Gasteiger partial charge in [-0.1, -0.05) is 11.1 Å². The van der Waals surface area contributed by atoms with Gasteiger partial charge in [-0.25, -0.2) is 0 Å². The Balaban J connectivity index is 1.41. The summed E-state index contributed by atoms with van der Waals surface area (Å²) < 4.78 is 5.26.